The first-order chi connectivity index (χ1) is 8.33. The number of nitrogens with two attached hydrogens (primary N) is 1. The van der Waals surface area contributed by atoms with Gasteiger partial charge in [-0.05, 0) is 18.2 Å². The van der Waals surface area contributed by atoms with Crippen LogP contribution in [0.2, 0.25) is 0 Å². The molecule has 0 saturated heterocycles. The zero-order chi connectivity index (χ0) is 11.7. The molecule has 0 aliphatic rings. The Kier molecular flexibility index (Phi) is 2.08. The zero-order valence-corrected chi connectivity index (χ0v) is 8.66. The number of anilines is 1. The van der Waals surface area contributed by atoms with Gasteiger partial charge < -0.3 is 10.3 Å². The summed E-state index contributed by atoms with van der Waals surface area (Å²) in [4.78, 5) is 8.13. The van der Waals surface area contributed by atoms with Gasteiger partial charge in [-0.2, -0.15) is 10.1 Å². The highest BCUT2D eigenvalue weighted by molar-refractivity contribution is 5.60. The Hall–Kier alpha value is -2.70. The molecule has 84 valence electrons. The van der Waals surface area contributed by atoms with E-state index < -0.39 is 0 Å². The van der Waals surface area contributed by atoms with Crippen molar-refractivity contribution in [1.82, 2.24) is 25.3 Å². The first-order valence-corrected chi connectivity index (χ1v) is 4.88. The molecule has 0 unspecified atom stereocenters. The fraction of sp³-hybridized carbons (Fsp3) is 0. The van der Waals surface area contributed by atoms with Gasteiger partial charge in [-0.1, -0.05) is 11.2 Å². The van der Waals surface area contributed by atoms with Crippen molar-refractivity contribution in [2.45, 2.75) is 0 Å². The van der Waals surface area contributed by atoms with E-state index in [-0.39, 0.29) is 0 Å². The van der Waals surface area contributed by atoms with E-state index in [2.05, 4.69) is 25.3 Å². The molecule has 0 aliphatic carbocycles. The van der Waals surface area contributed by atoms with Crippen molar-refractivity contribution >= 4 is 5.69 Å². The number of hydrogen-bond acceptors (Lipinski definition) is 6. The summed E-state index contributed by atoms with van der Waals surface area (Å²) in [5.74, 6) is 1.22. The van der Waals surface area contributed by atoms with Crippen molar-refractivity contribution < 1.29 is 4.52 Å². The summed E-state index contributed by atoms with van der Waals surface area (Å²) >= 11 is 0. The van der Waals surface area contributed by atoms with Crippen LogP contribution in [0.25, 0.3) is 23.1 Å². The molecule has 0 aliphatic heterocycles. The summed E-state index contributed by atoms with van der Waals surface area (Å²) in [5, 5.41) is 10.2. The molecule has 0 spiro atoms. The maximum Gasteiger partial charge on any atom is 0.258 e. The first kappa shape index (κ1) is 9.52. The van der Waals surface area contributed by atoms with Crippen LogP contribution in [0.4, 0.5) is 5.69 Å². The van der Waals surface area contributed by atoms with Gasteiger partial charge in [0, 0.05) is 11.3 Å². The van der Waals surface area contributed by atoms with E-state index in [0.717, 1.165) is 5.56 Å². The topological polar surface area (TPSA) is 107 Å². The molecule has 3 rings (SSSR count). The van der Waals surface area contributed by atoms with Crippen molar-refractivity contribution in [3.05, 3.63) is 30.6 Å². The van der Waals surface area contributed by atoms with Crippen molar-refractivity contribution in [2.24, 2.45) is 0 Å². The molecule has 0 amide bonds. The standard InChI is InChI=1S/C10H8N6O/c11-7-3-1-2-6(4-7)10-14-9(16-17-10)8-12-5-13-15-8/h1-5H,11H2,(H,12,13,15). The summed E-state index contributed by atoms with van der Waals surface area (Å²) in [6.07, 6.45) is 1.38. The second-order valence-electron chi connectivity index (χ2n) is 3.38. The normalized spacial score (nSPS) is 10.6. The molecular formula is C10H8N6O. The molecule has 0 atom stereocenters. The van der Waals surface area contributed by atoms with Gasteiger partial charge >= 0.3 is 0 Å². The van der Waals surface area contributed by atoms with Crippen molar-refractivity contribution in [3.63, 3.8) is 0 Å². The third kappa shape index (κ3) is 1.73. The van der Waals surface area contributed by atoms with Crippen LogP contribution < -0.4 is 5.73 Å². The number of H-pyrrole nitrogens is 1. The maximum atomic E-state index is 5.68. The third-order valence-electron chi connectivity index (χ3n) is 2.19. The Morgan fingerprint density at radius 2 is 2.24 bits per heavy atom. The lowest BCUT2D eigenvalue weighted by Gasteiger charge is -1.94. The summed E-state index contributed by atoms with van der Waals surface area (Å²) in [7, 11) is 0. The van der Waals surface area contributed by atoms with E-state index in [1.165, 1.54) is 6.33 Å². The largest absolute Gasteiger partial charge is 0.399 e. The smallest absolute Gasteiger partial charge is 0.258 e. The average molecular weight is 228 g/mol. The van der Waals surface area contributed by atoms with Gasteiger partial charge in [-0.15, -0.1) is 0 Å². The van der Waals surface area contributed by atoms with E-state index in [1.807, 2.05) is 12.1 Å². The number of aromatic amines is 1. The second-order valence-corrected chi connectivity index (χ2v) is 3.38. The number of rotatable bonds is 2. The molecule has 17 heavy (non-hydrogen) atoms. The zero-order valence-electron chi connectivity index (χ0n) is 8.66. The van der Waals surface area contributed by atoms with Gasteiger partial charge in [-0.25, -0.2) is 4.98 Å². The molecule has 7 nitrogen and oxygen atoms in total. The number of nitrogens with zero attached hydrogens (tertiary/aromatic N) is 4. The minimum Gasteiger partial charge on any atom is -0.399 e. The average Bonchev–Trinajstić information content (AvgIpc) is 3.00. The fourth-order valence-electron chi connectivity index (χ4n) is 1.42. The Balaban J connectivity index is 2.01. The molecule has 3 aromatic rings. The van der Waals surface area contributed by atoms with Gasteiger partial charge in [0.15, 0.2) is 5.82 Å². The minimum atomic E-state index is 0.361. The van der Waals surface area contributed by atoms with E-state index >= 15 is 0 Å². The number of nitrogen functional groups attached to an aromatic ring is 1. The highest BCUT2D eigenvalue weighted by atomic mass is 16.5. The third-order valence-corrected chi connectivity index (χ3v) is 2.19. The molecule has 0 radical (unpaired) electrons. The summed E-state index contributed by atoms with van der Waals surface area (Å²) < 4.78 is 5.13. The second kappa shape index (κ2) is 3.71. The molecule has 7 heteroatoms. The Labute approximate surface area is 95.7 Å². The van der Waals surface area contributed by atoms with Crippen LogP contribution in [-0.2, 0) is 0 Å². The summed E-state index contributed by atoms with van der Waals surface area (Å²) in [6, 6.07) is 7.21. The summed E-state index contributed by atoms with van der Waals surface area (Å²) in [6.45, 7) is 0. The predicted molar refractivity (Wildman–Crippen MR) is 59.5 cm³/mol. The maximum absolute atomic E-state index is 5.68. The predicted octanol–water partition coefficient (Wildman–Crippen LogP) is 1.10. The van der Waals surface area contributed by atoms with Crippen LogP contribution in [-0.4, -0.2) is 25.3 Å². The Morgan fingerprint density at radius 1 is 1.29 bits per heavy atom. The molecule has 0 saturated carbocycles. The highest BCUT2D eigenvalue weighted by Crippen LogP contribution is 2.21. The van der Waals surface area contributed by atoms with Crippen molar-refractivity contribution in [1.29, 1.82) is 0 Å². The van der Waals surface area contributed by atoms with Gasteiger partial charge in [0.1, 0.15) is 6.33 Å². The quantitative estimate of drug-likeness (QED) is 0.636. The van der Waals surface area contributed by atoms with E-state index in [1.54, 1.807) is 12.1 Å². The van der Waals surface area contributed by atoms with Crippen LogP contribution >= 0.6 is 0 Å². The molecule has 2 heterocycles. The van der Waals surface area contributed by atoms with E-state index in [9.17, 15) is 0 Å². The fourth-order valence-corrected chi connectivity index (χ4v) is 1.42. The number of nitrogens with one attached hydrogen (secondary N) is 1. The minimum absolute atomic E-state index is 0.361. The Morgan fingerprint density at radius 3 is 3.00 bits per heavy atom. The van der Waals surface area contributed by atoms with Gasteiger partial charge in [0.25, 0.3) is 5.89 Å². The van der Waals surface area contributed by atoms with Gasteiger partial charge in [-0.3, -0.25) is 5.10 Å². The monoisotopic (exact) mass is 228 g/mol. The van der Waals surface area contributed by atoms with Crippen LogP contribution in [0.5, 0.6) is 0 Å². The van der Waals surface area contributed by atoms with Gasteiger partial charge in [0.05, 0.1) is 0 Å². The van der Waals surface area contributed by atoms with E-state index in [4.69, 9.17) is 10.3 Å². The van der Waals surface area contributed by atoms with Crippen molar-refractivity contribution in [2.75, 3.05) is 5.73 Å². The van der Waals surface area contributed by atoms with Crippen LogP contribution in [0.15, 0.2) is 35.1 Å². The first-order valence-electron chi connectivity index (χ1n) is 4.88. The highest BCUT2D eigenvalue weighted by Gasteiger charge is 2.12. The van der Waals surface area contributed by atoms with Crippen LogP contribution in [0.3, 0.4) is 0 Å². The molecule has 2 aromatic heterocycles. The molecular weight excluding hydrogens is 220 g/mol. The van der Waals surface area contributed by atoms with Crippen molar-refractivity contribution in [3.8, 4) is 23.1 Å². The Bertz CT molecular complexity index is 630. The lowest BCUT2D eigenvalue weighted by atomic mass is 10.2. The molecule has 1 aromatic carbocycles. The van der Waals surface area contributed by atoms with Crippen LogP contribution in [0.1, 0.15) is 0 Å². The SMILES string of the molecule is Nc1cccc(-c2nc(-c3ncn[nH]3)no2)c1. The molecule has 3 N–H and O–H groups in total. The van der Waals surface area contributed by atoms with Crippen LogP contribution in [0, 0.1) is 0 Å². The number of hydrogen-bond donors (Lipinski definition) is 2. The lowest BCUT2D eigenvalue weighted by molar-refractivity contribution is 0.432. The lowest BCUT2D eigenvalue weighted by Crippen LogP contribution is -1.86. The van der Waals surface area contributed by atoms with E-state index in [0.29, 0.717) is 23.2 Å². The number of aromatic nitrogens is 5. The summed E-state index contributed by atoms with van der Waals surface area (Å²) in [5.41, 5.74) is 7.09. The van der Waals surface area contributed by atoms with Gasteiger partial charge in [0.2, 0.25) is 5.82 Å². The number of benzene rings is 1. The molecule has 0 bridgehead atoms. The molecule has 0 fully saturated rings.